The molecule has 2 N–H and O–H groups in total. The summed E-state index contributed by atoms with van der Waals surface area (Å²) < 4.78 is 10.9. The third-order valence-corrected chi connectivity index (χ3v) is 7.02. The first-order valence-electron chi connectivity index (χ1n) is 5.83. The summed E-state index contributed by atoms with van der Waals surface area (Å²) in [5.74, 6) is 0.0438. The van der Waals surface area contributed by atoms with Crippen molar-refractivity contribution < 1.29 is 9.47 Å². The van der Waals surface area contributed by atoms with Crippen LogP contribution in [-0.4, -0.2) is 54.2 Å². The van der Waals surface area contributed by atoms with Gasteiger partial charge in [0, 0.05) is 39.5 Å². The van der Waals surface area contributed by atoms with Crippen molar-refractivity contribution in [2.24, 2.45) is 0 Å². The van der Waals surface area contributed by atoms with Gasteiger partial charge in [-0.3, -0.25) is 0 Å². The summed E-state index contributed by atoms with van der Waals surface area (Å²) in [7, 11) is 2.45. The first-order chi connectivity index (χ1) is 7.33. The molecule has 0 spiro atoms. The van der Waals surface area contributed by atoms with E-state index in [4.69, 9.17) is 9.47 Å². The molecule has 90 valence electrons. The summed E-state index contributed by atoms with van der Waals surface area (Å²) >= 11 is 0. The zero-order chi connectivity index (χ0) is 11.1. The van der Waals surface area contributed by atoms with Crippen molar-refractivity contribution >= 4 is 8.80 Å². The predicted octanol–water partition coefficient (Wildman–Crippen LogP) is -0.118. The van der Waals surface area contributed by atoms with E-state index in [1.807, 2.05) is 0 Å². The maximum atomic E-state index is 5.44. The number of hydrogen-bond acceptors (Lipinski definition) is 4. The van der Waals surface area contributed by atoms with E-state index in [1.165, 1.54) is 12.5 Å². The Kier molecular flexibility index (Phi) is 6.43. The van der Waals surface area contributed by atoms with Crippen LogP contribution in [0, 0.1) is 0 Å². The van der Waals surface area contributed by atoms with Crippen LogP contribution in [0.5, 0.6) is 0 Å². The Balaban J connectivity index is 2.53. The third kappa shape index (κ3) is 3.84. The molecule has 5 heteroatoms. The van der Waals surface area contributed by atoms with Crippen LogP contribution < -0.4 is 10.6 Å². The molecule has 1 aliphatic rings. The van der Waals surface area contributed by atoms with E-state index in [0.717, 1.165) is 19.6 Å². The molecule has 0 amide bonds. The zero-order valence-electron chi connectivity index (χ0n) is 10.1. The molecule has 0 aromatic heterocycles. The molecular formula is C10H24N2O2Si. The van der Waals surface area contributed by atoms with Gasteiger partial charge >= 0.3 is 0 Å². The van der Waals surface area contributed by atoms with Gasteiger partial charge in [-0.05, 0) is 0 Å². The van der Waals surface area contributed by atoms with Gasteiger partial charge in [-0.1, -0.05) is 19.4 Å². The van der Waals surface area contributed by atoms with E-state index in [2.05, 4.69) is 17.6 Å². The maximum absolute atomic E-state index is 5.44. The maximum Gasteiger partial charge on any atom is 0.139 e. The van der Waals surface area contributed by atoms with E-state index >= 15 is 0 Å². The normalized spacial score (nSPS) is 24.4. The van der Waals surface area contributed by atoms with Crippen LogP contribution in [0.25, 0.3) is 0 Å². The van der Waals surface area contributed by atoms with Crippen LogP contribution in [0.4, 0.5) is 0 Å². The molecule has 2 unspecified atom stereocenters. The fourth-order valence-electron chi connectivity index (χ4n) is 2.28. The Morgan fingerprint density at radius 3 is 2.53 bits per heavy atom. The first-order valence-corrected chi connectivity index (χ1v) is 7.98. The molecule has 0 saturated carbocycles. The molecule has 0 aromatic rings. The molecule has 15 heavy (non-hydrogen) atoms. The van der Waals surface area contributed by atoms with Crippen LogP contribution in [-0.2, 0) is 9.47 Å². The molecule has 1 saturated heterocycles. The van der Waals surface area contributed by atoms with Gasteiger partial charge in [0.1, 0.15) is 14.7 Å². The van der Waals surface area contributed by atoms with Crippen LogP contribution in [0.2, 0.25) is 6.04 Å². The van der Waals surface area contributed by atoms with E-state index in [9.17, 15) is 0 Å². The summed E-state index contributed by atoms with van der Waals surface area (Å²) in [6, 6.07) is 1.27. The molecule has 1 fully saturated rings. The smallest absolute Gasteiger partial charge is 0.139 e. The second-order valence-corrected chi connectivity index (χ2v) is 7.31. The lowest BCUT2D eigenvalue weighted by Gasteiger charge is -2.34. The Morgan fingerprint density at radius 2 is 2.07 bits per heavy atom. The van der Waals surface area contributed by atoms with Crippen molar-refractivity contribution in [3.8, 4) is 0 Å². The van der Waals surface area contributed by atoms with Crippen LogP contribution in [0.1, 0.15) is 13.3 Å². The number of rotatable bonds is 6. The Morgan fingerprint density at radius 1 is 1.33 bits per heavy atom. The lowest BCUT2D eigenvalue weighted by Crippen LogP contribution is -2.60. The number of piperazine rings is 1. The molecule has 1 heterocycles. The van der Waals surface area contributed by atoms with Crippen molar-refractivity contribution in [1.82, 2.24) is 10.6 Å². The van der Waals surface area contributed by atoms with Crippen LogP contribution in [0.3, 0.4) is 0 Å². The van der Waals surface area contributed by atoms with Gasteiger partial charge in [0.2, 0.25) is 0 Å². The van der Waals surface area contributed by atoms with Gasteiger partial charge in [-0.15, -0.1) is 0 Å². The second kappa shape index (κ2) is 7.35. The highest BCUT2D eigenvalue weighted by Gasteiger charge is 2.31. The number of hydrogen-bond donors (Lipinski definition) is 2. The number of methoxy groups -OCH3 is 2. The highest BCUT2D eigenvalue weighted by molar-refractivity contribution is 6.61. The van der Waals surface area contributed by atoms with E-state index in [1.54, 1.807) is 14.2 Å². The lowest BCUT2D eigenvalue weighted by molar-refractivity contribution is -0.0487. The van der Waals surface area contributed by atoms with E-state index < -0.39 is 8.80 Å². The molecule has 2 atom stereocenters. The van der Waals surface area contributed by atoms with Gasteiger partial charge in [-0.2, -0.15) is 0 Å². The molecular weight excluding hydrogens is 208 g/mol. The average molecular weight is 232 g/mol. The van der Waals surface area contributed by atoms with E-state index in [0.29, 0.717) is 5.67 Å². The molecule has 4 nitrogen and oxygen atoms in total. The molecule has 0 bridgehead atoms. The largest absolute Gasteiger partial charge is 0.360 e. The van der Waals surface area contributed by atoms with Crippen molar-refractivity contribution in [3.05, 3.63) is 0 Å². The average Bonchev–Trinajstić information content (AvgIpc) is 2.30. The second-order valence-electron chi connectivity index (χ2n) is 4.06. The molecule has 0 aliphatic carbocycles. The van der Waals surface area contributed by atoms with Crippen LogP contribution in [0.15, 0.2) is 0 Å². The number of nitrogens with one attached hydrogen (secondary N) is 2. The first kappa shape index (κ1) is 13.1. The van der Waals surface area contributed by atoms with Crippen molar-refractivity contribution in [1.29, 1.82) is 0 Å². The fraction of sp³-hybridized carbons (Fsp3) is 1.00. The molecule has 1 aliphatic heterocycles. The predicted molar refractivity (Wildman–Crippen MR) is 64.7 cm³/mol. The van der Waals surface area contributed by atoms with Crippen LogP contribution >= 0.6 is 0 Å². The van der Waals surface area contributed by atoms with E-state index in [-0.39, 0.29) is 5.91 Å². The topological polar surface area (TPSA) is 42.5 Å². The van der Waals surface area contributed by atoms with Gasteiger partial charge in [-0.25, -0.2) is 0 Å². The molecule has 0 aromatic carbocycles. The summed E-state index contributed by atoms with van der Waals surface area (Å²) in [4.78, 5) is 0. The minimum Gasteiger partial charge on any atom is -0.360 e. The third-order valence-electron chi connectivity index (χ3n) is 3.03. The Labute approximate surface area is 94.3 Å². The van der Waals surface area contributed by atoms with Gasteiger partial charge in [0.25, 0.3) is 0 Å². The summed E-state index contributed by atoms with van der Waals surface area (Å²) in [6.45, 7) is 5.45. The Bertz CT molecular complexity index is 162. The van der Waals surface area contributed by atoms with Crippen molar-refractivity contribution in [2.45, 2.75) is 31.0 Å². The quantitative estimate of drug-likeness (QED) is 0.495. The zero-order valence-corrected chi connectivity index (χ0v) is 11.2. The monoisotopic (exact) mass is 232 g/mol. The van der Waals surface area contributed by atoms with Gasteiger partial charge < -0.3 is 20.1 Å². The minimum absolute atomic E-state index is 0.0438. The SMILES string of the molecule is CCC[SiH](C1CNCCN1)C(OC)OC. The fourth-order valence-corrected chi connectivity index (χ4v) is 5.64. The Hall–Kier alpha value is 0.0569. The van der Waals surface area contributed by atoms with Gasteiger partial charge in [0.15, 0.2) is 0 Å². The summed E-state index contributed by atoms with van der Waals surface area (Å²) in [6.07, 6.45) is 1.22. The highest BCUT2D eigenvalue weighted by Crippen LogP contribution is 2.11. The lowest BCUT2D eigenvalue weighted by atomic mass is 10.4. The highest BCUT2D eigenvalue weighted by atomic mass is 28.3. The number of ether oxygens (including phenoxy) is 2. The summed E-state index contributed by atoms with van der Waals surface area (Å²) in [5, 5.41) is 7.03. The van der Waals surface area contributed by atoms with Crippen molar-refractivity contribution in [2.75, 3.05) is 33.9 Å². The standard InChI is InChI=1S/C10H24N2O2Si/c1-4-7-15(10(13-2)14-3)9-8-11-5-6-12-9/h9-12,15H,4-8H2,1-3H3. The van der Waals surface area contributed by atoms with Crippen molar-refractivity contribution in [3.63, 3.8) is 0 Å². The van der Waals surface area contributed by atoms with Gasteiger partial charge in [0.05, 0.1) is 0 Å². The summed E-state index contributed by atoms with van der Waals surface area (Å²) in [5.41, 5.74) is 0.601. The molecule has 1 rings (SSSR count). The minimum atomic E-state index is -1.05. The molecule has 0 radical (unpaired) electrons.